The minimum atomic E-state index is -3.74. The molecule has 0 aliphatic carbocycles. The van der Waals surface area contributed by atoms with E-state index >= 15 is 0 Å². The SMILES string of the molecule is CN(C)c1cccc2c(S(=O)(=O)Nc3cccc4ccccc34)cccc12. The normalized spacial score (nSPS) is 11.6. The van der Waals surface area contributed by atoms with Crippen LogP contribution in [0.15, 0.2) is 83.8 Å². The Balaban J connectivity index is 1.86. The molecule has 1 N–H and O–H groups in total. The summed E-state index contributed by atoms with van der Waals surface area (Å²) < 4.78 is 29.2. The van der Waals surface area contributed by atoms with Crippen molar-refractivity contribution in [3.63, 3.8) is 0 Å². The standard InChI is InChI=1S/C22H20N2O2S/c1-24(2)21-14-6-12-19-18(21)11-7-15-22(19)27(25,26)23-20-13-5-9-16-8-3-4-10-17(16)20/h3-15,23H,1-2H3. The van der Waals surface area contributed by atoms with Crippen LogP contribution in [0.5, 0.6) is 0 Å². The van der Waals surface area contributed by atoms with Crippen molar-refractivity contribution in [2.75, 3.05) is 23.7 Å². The Bertz CT molecular complexity index is 1240. The van der Waals surface area contributed by atoms with Crippen LogP contribution in [-0.4, -0.2) is 22.5 Å². The van der Waals surface area contributed by atoms with Crippen LogP contribution in [0.2, 0.25) is 0 Å². The van der Waals surface area contributed by atoms with E-state index < -0.39 is 10.0 Å². The number of benzene rings is 4. The topological polar surface area (TPSA) is 49.4 Å². The molecule has 4 rings (SSSR count). The van der Waals surface area contributed by atoms with Crippen molar-refractivity contribution < 1.29 is 8.42 Å². The fraction of sp³-hybridized carbons (Fsp3) is 0.0909. The third kappa shape index (κ3) is 3.11. The van der Waals surface area contributed by atoms with E-state index in [9.17, 15) is 8.42 Å². The van der Waals surface area contributed by atoms with Crippen LogP contribution < -0.4 is 9.62 Å². The molecule has 4 aromatic carbocycles. The number of rotatable bonds is 4. The molecular formula is C22H20N2O2S. The summed E-state index contributed by atoms with van der Waals surface area (Å²) in [6.45, 7) is 0. The molecule has 0 bridgehead atoms. The maximum absolute atomic E-state index is 13.2. The second kappa shape index (κ2) is 6.59. The maximum atomic E-state index is 13.2. The molecule has 0 amide bonds. The number of hydrogen-bond acceptors (Lipinski definition) is 3. The number of fused-ring (bicyclic) bond motifs is 2. The Morgan fingerprint density at radius 1 is 0.704 bits per heavy atom. The lowest BCUT2D eigenvalue weighted by atomic mass is 10.1. The van der Waals surface area contributed by atoms with E-state index in [0.29, 0.717) is 11.1 Å². The number of nitrogens with one attached hydrogen (secondary N) is 1. The summed E-state index contributed by atoms with van der Waals surface area (Å²) in [6, 6.07) is 24.4. The number of hydrogen-bond donors (Lipinski definition) is 1. The van der Waals surface area contributed by atoms with Crippen molar-refractivity contribution in [2.45, 2.75) is 4.90 Å². The minimum absolute atomic E-state index is 0.275. The molecule has 0 spiro atoms. The Hall–Kier alpha value is -3.05. The molecule has 27 heavy (non-hydrogen) atoms. The summed E-state index contributed by atoms with van der Waals surface area (Å²) in [6.07, 6.45) is 0. The Kier molecular flexibility index (Phi) is 4.24. The highest BCUT2D eigenvalue weighted by atomic mass is 32.2. The Morgan fingerprint density at radius 2 is 1.33 bits per heavy atom. The van der Waals surface area contributed by atoms with Crippen LogP contribution in [0, 0.1) is 0 Å². The third-order valence-corrected chi connectivity index (χ3v) is 6.09. The lowest BCUT2D eigenvalue weighted by Crippen LogP contribution is -2.14. The van der Waals surface area contributed by atoms with Gasteiger partial charge in [0.25, 0.3) is 10.0 Å². The van der Waals surface area contributed by atoms with Gasteiger partial charge in [0.05, 0.1) is 10.6 Å². The van der Waals surface area contributed by atoms with Gasteiger partial charge in [-0.25, -0.2) is 8.42 Å². The molecule has 4 nitrogen and oxygen atoms in total. The first-order chi connectivity index (χ1) is 13.0. The van der Waals surface area contributed by atoms with Gasteiger partial charge in [-0.1, -0.05) is 60.7 Å². The predicted octanol–water partition coefficient (Wildman–Crippen LogP) is 4.86. The third-order valence-electron chi connectivity index (χ3n) is 4.66. The van der Waals surface area contributed by atoms with Gasteiger partial charge < -0.3 is 4.90 Å². The van der Waals surface area contributed by atoms with E-state index in [1.807, 2.05) is 79.7 Å². The first-order valence-corrected chi connectivity index (χ1v) is 10.2. The smallest absolute Gasteiger partial charge is 0.262 e. The predicted molar refractivity (Wildman–Crippen MR) is 113 cm³/mol. The van der Waals surface area contributed by atoms with E-state index in [-0.39, 0.29) is 4.90 Å². The lowest BCUT2D eigenvalue weighted by Gasteiger charge is -2.17. The van der Waals surface area contributed by atoms with Gasteiger partial charge in [-0.2, -0.15) is 0 Å². The second-order valence-electron chi connectivity index (χ2n) is 6.66. The highest BCUT2D eigenvalue weighted by Crippen LogP contribution is 2.32. The summed E-state index contributed by atoms with van der Waals surface area (Å²) in [4.78, 5) is 2.26. The van der Waals surface area contributed by atoms with Gasteiger partial charge in [-0.3, -0.25) is 4.72 Å². The molecule has 0 fully saturated rings. The quantitative estimate of drug-likeness (QED) is 0.553. The van der Waals surface area contributed by atoms with Crippen LogP contribution in [0.25, 0.3) is 21.5 Å². The van der Waals surface area contributed by atoms with Crippen LogP contribution >= 0.6 is 0 Å². The summed E-state index contributed by atoms with van der Waals surface area (Å²) >= 11 is 0. The van der Waals surface area contributed by atoms with Gasteiger partial charge in [-0.15, -0.1) is 0 Å². The molecule has 0 aliphatic rings. The summed E-state index contributed by atoms with van der Waals surface area (Å²) in [5.74, 6) is 0. The number of nitrogens with zero attached hydrogens (tertiary/aromatic N) is 1. The molecule has 0 heterocycles. The van der Waals surface area contributed by atoms with Gasteiger partial charge in [-0.05, 0) is 23.6 Å². The monoisotopic (exact) mass is 376 g/mol. The average Bonchev–Trinajstić information content (AvgIpc) is 2.67. The van der Waals surface area contributed by atoms with E-state index in [2.05, 4.69) is 4.72 Å². The van der Waals surface area contributed by atoms with Crippen molar-refractivity contribution >= 4 is 42.9 Å². The molecule has 136 valence electrons. The summed E-state index contributed by atoms with van der Waals surface area (Å²) in [5.41, 5.74) is 1.56. The number of sulfonamides is 1. The van der Waals surface area contributed by atoms with Gasteiger partial charge >= 0.3 is 0 Å². The van der Waals surface area contributed by atoms with Crippen molar-refractivity contribution in [2.24, 2.45) is 0 Å². The van der Waals surface area contributed by atoms with E-state index in [4.69, 9.17) is 0 Å². The molecule has 0 radical (unpaired) electrons. The van der Waals surface area contributed by atoms with Gasteiger partial charge in [0.1, 0.15) is 0 Å². The summed E-state index contributed by atoms with van der Waals surface area (Å²) in [5, 5.41) is 3.48. The molecule has 0 aliphatic heterocycles. The van der Waals surface area contributed by atoms with Gasteiger partial charge in [0, 0.05) is 35.9 Å². The van der Waals surface area contributed by atoms with Crippen LogP contribution in [0.4, 0.5) is 11.4 Å². The van der Waals surface area contributed by atoms with Crippen molar-refractivity contribution in [3.05, 3.63) is 78.9 Å². The molecule has 0 saturated heterocycles. The first-order valence-electron chi connectivity index (χ1n) is 8.67. The van der Waals surface area contributed by atoms with E-state index in [0.717, 1.165) is 21.8 Å². The van der Waals surface area contributed by atoms with Gasteiger partial charge in [0.2, 0.25) is 0 Å². The second-order valence-corrected chi connectivity index (χ2v) is 8.31. The van der Waals surface area contributed by atoms with Crippen molar-refractivity contribution in [1.82, 2.24) is 0 Å². The zero-order valence-electron chi connectivity index (χ0n) is 15.2. The lowest BCUT2D eigenvalue weighted by molar-refractivity contribution is 0.602. The molecule has 0 atom stereocenters. The molecule has 5 heteroatoms. The highest BCUT2D eigenvalue weighted by Gasteiger charge is 2.19. The highest BCUT2D eigenvalue weighted by molar-refractivity contribution is 7.93. The summed E-state index contributed by atoms with van der Waals surface area (Å²) in [7, 11) is 0.155. The zero-order chi connectivity index (χ0) is 19.0. The number of anilines is 2. The molecule has 4 aromatic rings. The van der Waals surface area contributed by atoms with Crippen LogP contribution in [0.1, 0.15) is 0 Å². The molecular weight excluding hydrogens is 356 g/mol. The van der Waals surface area contributed by atoms with E-state index in [1.54, 1.807) is 18.2 Å². The van der Waals surface area contributed by atoms with Crippen LogP contribution in [-0.2, 0) is 10.0 Å². The molecule has 0 unspecified atom stereocenters. The largest absolute Gasteiger partial charge is 0.377 e. The Labute approximate surface area is 159 Å². The van der Waals surface area contributed by atoms with Crippen molar-refractivity contribution in [1.29, 1.82) is 0 Å². The van der Waals surface area contributed by atoms with Crippen LogP contribution in [0.3, 0.4) is 0 Å². The fourth-order valence-electron chi connectivity index (χ4n) is 3.40. The van der Waals surface area contributed by atoms with Crippen molar-refractivity contribution in [3.8, 4) is 0 Å². The van der Waals surface area contributed by atoms with E-state index in [1.165, 1.54) is 0 Å². The van der Waals surface area contributed by atoms with Gasteiger partial charge in [0.15, 0.2) is 0 Å². The minimum Gasteiger partial charge on any atom is -0.377 e. The molecule has 0 saturated carbocycles. The zero-order valence-corrected chi connectivity index (χ0v) is 16.0. The molecule has 0 aromatic heterocycles. The first kappa shape index (κ1) is 17.4. The fourth-order valence-corrected chi connectivity index (χ4v) is 4.71. The Morgan fingerprint density at radius 3 is 2.15 bits per heavy atom. The maximum Gasteiger partial charge on any atom is 0.262 e. The average molecular weight is 376 g/mol.